The largest absolute Gasteiger partial charge is 0.469 e. The first kappa shape index (κ1) is 15.4. The summed E-state index contributed by atoms with van der Waals surface area (Å²) in [7, 11) is 0. The van der Waals surface area contributed by atoms with Crippen molar-refractivity contribution >= 4 is 5.97 Å². The highest BCUT2D eigenvalue weighted by Gasteiger charge is 2.08. The van der Waals surface area contributed by atoms with Crippen LogP contribution in [0.4, 0.5) is 0 Å². The highest BCUT2D eigenvalue weighted by atomic mass is 16.5. The number of unbranched alkanes of at least 4 members (excludes halogenated alkanes) is 2. The first-order valence-electron chi connectivity index (χ1n) is 6.90. The zero-order valence-corrected chi connectivity index (χ0v) is 11.8. The molecule has 0 saturated carbocycles. The van der Waals surface area contributed by atoms with Gasteiger partial charge in [-0.25, -0.2) is 0 Å². The highest BCUT2D eigenvalue weighted by molar-refractivity contribution is 5.66. The summed E-state index contributed by atoms with van der Waals surface area (Å²) in [5, 5.41) is 0. The van der Waals surface area contributed by atoms with Crippen LogP contribution < -0.4 is 0 Å². The average Bonchev–Trinajstić information content (AvgIpc) is 2.87. The summed E-state index contributed by atoms with van der Waals surface area (Å²) < 4.78 is 10.5. The molecule has 1 aromatic rings. The Bertz CT molecular complexity index is 409. The van der Waals surface area contributed by atoms with E-state index in [1.165, 1.54) is 6.92 Å². The lowest BCUT2D eigenvalue weighted by Gasteiger charge is -2.10. The standard InChI is InChI=1S/C16H22O3/c1-3-4-5-10-16(19-14(2)17)11-7-6-9-15-12-8-13-18-15/h8,12-13,16H,3-4,6-7,9,11H2,1-2H3. The molecule has 0 bridgehead atoms. The molecule has 0 N–H and O–H groups in total. The van der Waals surface area contributed by atoms with Gasteiger partial charge in [0.15, 0.2) is 6.10 Å². The van der Waals surface area contributed by atoms with Gasteiger partial charge in [-0.2, -0.15) is 0 Å². The summed E-state index contributed by atoms with van der Waals surface area (Å²) in [5.41, 5.74) is 0. The minimum absolute atomic E-state index is 0.262. The first-order chi connectivity index (χ1) is 9.22. The van der Waals surface area contributed by atoms with E-state index < -0.39 is 0 Å². The Kier molecular flexibility index (Phi) is 7.50. The molecular weight excluding hydrogens is 240 g/mol. The lowest BCUT2D eigenvalue weighted by Crippen LogP contribution is -2.14. The molecule has 0 aliphatic carbocycles. The molecule has 104 valence electrons. The van der Waals surface area contributed by atoms with Gasteiger partial charge < -0.3 is 9.15 Å². The van der Waals surface area contributed by atoms with Crippen molar-refractivity contribution in [1.29, 1.82) is 0 Å². The van der Waals surface area contributed by atoms with Gasteiger partial charge in [-0.1, -0.05) is 18.8 Å². The third-order valence-corrected chi connectivity index (χ3v) is 2.67. The van der Waals surface area contributed by atoms with E-state index in [2.05, 4.69) is 18.8 Å². The zero-order valence-electron chi connectivity index (χ0n) is 11.8. The third-order valence-electron chi connectivity index (χ3n) is 2.67. The Hall–Kier alpha value is -1.69. The van der Waals surface area contributed by atoms with Gasteiger partial charge in [0.2, 0.25) is 0 Å². The second-order valence-electron chi connectivity index (χ2n) is 4.49. The van der Waals surface area contributed by atoms with Crippen LogP contribution in [0.3, 0.4) is 0 Å². The molecule has 0 fully saturated rings. The van der Waals surface area contributed by atoms with Gasteiger partial charge >= 0.3 is 5.97 Å². The molecule has 1 atom stereocenters. The van der Waals surface area contributed by atoms with Crippen LogP contribution in [0.2, 0.25) is 0 Å². The van der Waals surface area contributed by atoms with Gasteiger partial charge in [0.1, 0.15) is 5.76 Å². The Morgan fingerprint density at radius 3 is 2.95 bits per heavy atom. The molecule has 19 heavy (non-hydrogen) atoms. The molecule has 1 rings (SSSR count). The van der Waals surface area contributed by atoms with Gasteiger partial charge in [-0.15, -0.1) is 0 Å². The van der Waals surface area contributed by atoms with Crippen molar-refractivity contribution < 1.29 is 13.9 Å². The van der Waals surface area contributed by atoms with Crippen LogP contribution >= 0.6 is 0 Å². The summed E-state index contributed by atoms with van der Waals surface area (Å²) in [5.74, 6) is 6.82. The summed E-state index contributed by atoms with van der Waals surface area (Å²) in [6.07, 6.45) is 7.00. The highest BCUT2D eigenvalue weighted by Crippen LogP contribution is 2.10. The number of ether oxygens (including phenoxy) is 1. The predicted molar refractivity (Wildman–Crippen MR) is 74.5 cm³/mol. The van der Waals surface area contributed by atoms with Crippen molar-refractivity contribution in [2.45, 2.75) is 58.5 Å². The number of hydrogen-bond acceptors (Lipinski definition) is 3. The summed E-state index contributed by atoms with van der Waals surface area (Å²) in [4.78, 5) is 11.0. The van der Waals surface area contributed by atoms with E-state index in [1.54, 1.807) is 6.26 Å². The van der Waals surface area contributed by atoms with E-state index in [4.69, 9.17) is 9.15 Å². The minimum atomic E-state index is -0.263. The fourth-order valence-corrected chi connectivity index (χ4v) is 1.76. The van der Waals surface area contributed by atoms with Crippen LogP contribution in [0.5, 0.6) is 0 Å². The van der Waals surface area contributed by atoms with Crippen molar-refractivity contribution in [2.75, 3.05) is 0 Å². The summed E-state index contributed by atoms with van der Waals surface area (Å²) in [6, 6.07) is 3.87. The molecule has 0 saturated heterocycles. The van der Waals surface area contributed by atoms with Crippen LogP contribution in [-0.2, 0) is 16.0 Å². The molecule has 0 aromatic carbocycles. The van der Waals surface area contributed by atoms with E-state index >= 15 is 0 Å². The van der Waals surface area contributed by atoms with Gasteiger partial charge in [0.25, 0.3) is 0 Å². The molecule has 1 heterocycles. The first-order valence-corrected chi connectivity index (χ1v) is 6.90. The van der Waals surface area contributed by atoms with Crippen LogP contribution in [0.1, 0.15) is 51.7 Å². The molecule has 1 unspecified atom stereocenters. The normalized spacial score (nSPS) is 11.5. The van der Waals surface area contributed by atoms with E-state index in [0.717, 1.165) is 44.3 Å². The Morgan fingerprint density at radius 1 is 1.47 bits per heavy atom. The SMILES string of the molecule is CCCC#CC(CCCCc1ccco1)OC(C)=O. The molecule has 1 aromatic heterocycles. The Labute approximate surface area is 115 Å². The van der Waals surface area contributed by atoms with Crippen LogP contribution in [-0.4, -0.2) is 12.1 Å². The zero-order chi connectivity index (χ0) is 13.9. The number of furan rings is 1. The maximum Gasteiger partial charge on any atom is 0.303 e. The molecular formula is C16H22O3. The van der Waals surface area contributed by atoms with Crippen molar-refractivity contribution in [3.63, 3.8) is 0 Å². The van der Waals surface area contributed by atoms with E-state index in [1.807, 2.05) is 12.1 Å². The number of aryl methyl sites for hydroxylation is 1. The minimum Gasteiger partial charge on any atom is -0.469 e. The number of carbonyl (C=O) groups excluding carboxylic acids is 1. The second kappa shape index (κ2) is 9.27. The Balaban J connectivity index is 2.27. The maximum atomic E-state index is 11.0. The van der Waals surface area contributed by atoms with Crippen molar-refractivity contribution in [3.05, 3.63) is 24.2 Å². The third kappa shape index (κ3) is 7.35. The summed E-state index contributed by atoms with van der Waals surface area (Å²) >= 11 is 0. The molecule has 0 aliphatic rings. The van der Waals surface area contributed by atoms with Gasteiger partial charge in [0, 0.05) is 19.8 Å². The van der Waals surface area contributed by atoms with Gasteiger partial charge in [-0.3, -0.25) is 4.79 Å². The van der Waals surface area contributed by atoms with Gasteiger partial charge in [-0.05, 0) is 37.8 Å². The predicted octanol–water partition coefficient (Wildman–Crippen LogP) is 3.73. The van der Waals surface area contributed by atoms with E-state index in [0.29, 0.717) is 0 Å². The molecule has 3 nitrogen and oxygen atoms in total. The van der Waals surface area contributed by atoms with Crippen LogP contribution in [0, 0.1) is 11.8 Å². The maximum absolute atomic E-state index is 11.0. The topological polar surface area (TPSA) is 39.4 Å². The Morgan fingerprint density at radius 2 is 2.32 bits per heavy atom. The van der Waals surface area contributed by atoms with Crippen molar-refractivity contribution in [3.8, 4) is 11.8 Å². The van der Waals surface area contributed by atoms with Crippen LogP contribution in [0.15, 0.2) is 22.8 Å². The number of rotatable bonds is 7. The monoisotopic (exact) mass is 262 g/mol. The molecule has 0 radical (unpaired) electrons. The lowest BCUT2D eigenvalue weighted by atomic mass is 10.1. The molecule has 3 heteroatoms. The van der Waals surface area contributed by atoms with Crippen molar-refractivity contribution in [2.24, 2.45) is 0 Å². The fourth-order valence-electron chi connectivity index (χ4n) is 1.76. The van der Waals surface area contributed by atoms with E-state index in [9.17, 15) is 4.79 Å². The van der Waals surface area contributed by atoms with Crippen molar-refractivity contribution in [1.82, 2.24) is 0 Å². The number of hydrogen-bond donors (Lipinski definition) is 0. The average molecular weight is 262 g/mol. The quantitative estimate of drug-likeness (QED) is 0.427. The smallest absolute Gasteiger partial charge is 0.303 e. The summed E-state index contributed by atoms with van der Waals surface area (Å²) in [6.45, 7) is 3.51. The van der Waals surface area contributed by atoms with Crippen LogP contribution in [0.25, 0.3) is 0 Å². The fraction of sp³-hybridized carbons (Fsp3) is 0.562. The van der Waals surface area contributed by atoms with Gasteiger partial charge in [0.05, 0.1) is 6.26 Å². The molecule has 0 spiro atoms. The van der Waals surface area contributed by atoms with E-state index in [-0.39, 0.29) is 12.1 Å². The second-order valence-corrected chi connectivity index (χ2v) is 4.49. The number of esters is 1. The number of carbonyl (C=O) groups is 1. The molecule has 0 amide bonds. The lowest BCUT2D eigenvalue weighted by molar-refractivity contribution is -0.144. The molecule has 0 aliphatic heterocycles.